The quantitative estimate of drug-likeness (QED) is 0.549. The van der Waals surface area contributed by atoms with Crippen molar-refractivity contribution in [1.82, 2.24) is 0 Å². The molecule has 2 aromatic rings. The highest BCUT2D eigenvalue weighted by Gasteiger charge is 2.35. The van der Waals surface area contributed by atoms with Crippen molar-refractivity contribution in [3.05, 3.63) is 59.2 Å². The first-order chi connectivity index (χ1) is 14.4. The van der Waals surface area contributed by atoms with Gasteiger partial charge >= 0.3 is 5.97 Å². The number of esters is 1. The van der Waals surface area contributed by atoms with Crippen LogP contribution in [-0.4, -0.2) is 30.9 Å². The van der Waals surface area contributed by atoms with E-state index in [9.17, 15) is 14.4 Å². The zero-order chi connectivity index (χ0) is 21.7. The molecule has 1 atom stereocenters. The SMILES string of the molecule is CCCCOC(=O)c1ccc(NC(=O)[C@@H]2CC(=O)N(c3ccc(C)c(C)c3)C2)cc1. The van der Waals surface area contributed by atoms with Crippen LogP contribution in [0.15, 0.2) is 42.5 Å². The first kappa shape index (κ1) is 21.6. The average molecular weight is 408 g/mol. The maximum atomic E-state index is 12.7. The molecule has 6 heteroatoms. The Morgan fingerprint density at radius 3 is 2.50 bits per heavy atom. The van der Waals surface area contributed by atoms with Gasteiger partial charge < -0.3 is 15.0 Å². The first-order valence-corrected chi connectivity index (χ1v) is 10.3. The number of unbranched alkanes of at least 4 members (excludes halogenated alkanes) is 1. The molecule has 1 heterocycles. The van der Waals surface area contributed by atoms with Crippen LogP contribution in [0.1, 0.15) is 47.7 Å². The number of amides is 2. The minimum absolute atomic E-state index is 0.0522. The van der Waals surface area contributed by atoms with E-state index in [2.05, 4.69) is 5.32 Å². The van der Waals surface area contributed by atoms with Gasteiger partial charge in [0.1, 0.15) is 0 Å². The van der Waals surface area contributed by atoms with E-state index in [-0.39, 0.29) is 24.2 Å². The molecule has 2 amide bonds. The predicted octanol–water partition coefficient (Wildman–Crippen LogP) is 4.25. The molecule has 3 rings (SSSR count). The van der Waals surface area contributed by atoms with Gasteiger partial charge in [0.15, 0.2) is 0 Å². The van der Waals surface area contributed by atoms with Gasteiger partial charge in [0.2, 0.25) is 11.8 Å². The standard InChI is InChI=1S/C24H28N2O4/c1-4-5-12-30-24(29)18-7-9-20(10-8-18)25-23(28)19-14-22(27)26(15-19)21-11-6-16(2)17(3)13-21/h6-11,13,19H,4-5,12,14-15H2,1-3H3,(H,25,28)/t19-/m1/s1. The maximum Gasteiger partial charge on any atom is 0.338 e. The van der Waals surface area contributed by atoms with Crippen molar-refractivity contribution in [2.75, 3.05) is 23.4 Å². The minimum atomic E-state index is -0.419. The third-order valence-corrected chi connectivity index (χ3v) is 5.42. The molecule has 30 heavy (non-hydrogen) atoms. The number of aryl methyl sites for hydroxylation is 2. The van der Waals surface area contributed by atoms with E-state index in [1.807, 2.05) is 39.0 Å². The Kier molecular flexibility index (Phi) is 6.87. The summed E-state index contributed by atoms with van der Waals surface area (Å²) >= 11 is 0. The Labute approximate surface area is 177 Å². The van der Waals surface area contributed by atoms with Gasteiger partial charge in [-0.25, -0.2) is 4.79 Å². The Bertz CT molecular complexity index is 937. The number of ether oxygens (including phenoxy) is 1. The molecule has 1 N–H and O–H groups in total. The zero-order valence-electron chi connectivity index (χ0n) is 17.7. The minimum Gasteiger partial charge on any atom is -0.462 e. The second-order valence-corrected chi connectivity index (χ2v) is 7.73. The smallest absolute Gasteiger partial charge is 0.338 e. The van der Waals surface area contributed by atoms with Crippen LogP contribution in [0.5, 0.6) is 0 Å². The van der Waals surface area contributed by atoms with Gasteiger partial charge in [-0.1, -0.05) is 19.4 Å². The summed E-state index contributed by atoms with van der Waals surface area (Å²) in [5, 5.41) is 2.85. The van der Waals surface area contributed by atoms with Crippen molar-refractivity contribution < 1.29 is 19.1 Å². The fourth-order valence-electron chi connectivity index (χ4n) is 3.35. The Hall–Kier alpha value is -3.15. The lowest BCUT2D eigenvalue weighted by atomic mass is 10.1. The molecule has 1 saturated heterocycles. The van der Waals surface area contributed by atoms with Gasteiger partial charge in [-0.05, 0) is 67.8 Å². The molecule has 1 aliphatic heterocycles. The van der Waals surface area contributed by atoms with Crippen molar-refractivity contribution in [3.63, 3.8) is 0 Å². The number of nitrogens with zero attached hydrogens (tertiary/aromatic N) is 1. The third kappa shape index (κ3) is 5.06. The van der Waals surface area contributed by atoms with Crippen LogP contribution < -0.4 is 10.2 Å². The molecule has 1 fully saturated rings. The molecule has 0 aliphatic carbocycles. The molecule has 2 aromatic carbocycles. The van der Waals surface area contributed by atoms with Gasteiger partial charge in [0, 0.05) is 24.3 Å². The van der Waals surface area contributed by atoms with Gasteiger partial charge in [-0.2, -0.15) is 0 Å². The molecular formula is C24H28N2O4. The number of rotatable bonds is 7. The van der Waals surface area contributed by atoms with E-state index in [0.29, 0.717) is 24.4 Å². The largest absolute Gasteiger partial charge is 0.462 e. The van der Waals surface area contributed by atoms with Crippen molar-refractivity contribution in [2.45, 2.75) is 40.0 Å². The predicted molar refractivity (Wildman–Crippen MR) is 117 cm³/mol. The van der Waals surface area contributed by atoms with Crippen LogP contribution in [-0.2, 0) is 14.3 Å². The van der Waals surface area contributed by atoms with Gasteiger partial charge in [-0.15, -0.1) is 0 Å². The summed E-state index contributed by atoms with van der Waals surface area (Å²) in [5.74, 6) is -1.04. The van der Waals surface area contributed by atoms with Crippen LogP contribution >= 0.6 is 0 Å². The number of benzene rings is 2. The Morgan fingerprint density at radius 1 is 1.10 bits per heavy atom. The Balaban J connectivity index is 1.59. The Morgan fingerprint density at radius 2 is 1.83 bits per heavy atom. The van der Waals surface area contributed by atoms with Crippen molar-refractivity contribution in [1.29, 1.82) is 0 Å². The van der Waals surface area contributed by atoms with Gasteiger partial charge in [0.25, 0.3) is 0 Å². The summed E-state index contributed by atoms with van der Waals surface area (Å²) < 4.78 is 5.18. The van der Waals surface area contributed by atoms with E-state index < -0.39 is 5.92 Å². The first-order valence-electron chi connectivity index (χ1n) is 10.3. The summed E-state index contributed by atoms with van der Waals surface area (Å²) in [6.07, 6.45) is 1.97. The highest BCUT2D eigenvalue weighted by molar-refractivity contribution is 6.03. The second-order valence-electron chi connectivity index (χ2n) is 7.73. The van der Waals surface area contributed by atoms with Crippen LogP contribution in [0.2, 0.25) is 0 Å². The number of nitrogens with one attached hydrogen (secondary N) is 1. The fourth-order valence-corrected chi connectivity index (χ4v) is 3.35. The summed E-state index contributed by atoms with van der Waals surface area (Å²) in [5.41, 5.74) is 4.13. The topological polar surface area (TPSA) is 75.7 Å². The molecule has 6 nitrogen and oxygen atoms in total. The maximum absolute atomic E-state index is 12.7. The number of anilines is 2. The van der Waals surface area contributed by atoms with E-state index in [4.69, 9.17) is 4.74 Å². The molecular weight excluding hydrogens is 380 g/mol. The lowest BCUT2D eigenvalue weighted by molar-refractivity contribution is -0.122. The molecule has 0 radical (unpaired) electrons. The monoisotopic (exact) mass is 408 g/mol. The molecule has 0 aromatic heterocycles. The second kappa shape index (κ2) is 9.57. The van der Waals surface area contributed by atoms with Crippen LogP contribution in [0, 0.1) is 19.8 Å². The molecule has 0 saturated carbocycles. The van der Waals surface area contributed by atoms with E-state index in [0.717, 1.165) is 29.7 Å². The van der Waals surface area contributed by atoms with Gasteiger partial charge in [-0.3, -0.25) is 9.59 Å². The fraction of sp³-hybridized carbons (Fsp3) is 0.375. The van der Waals surface area contributed by atoms with Crippen LogP contribution in [0.25, 0.3) is 0 Å². The lowest BCUT2D eigenvalue weighted by Gasteiger charge is -2.18. The highest BCUT2D eigenvalue weighted by atomic mass is 16.5. The van der Waals surface area contributed by atoms with Crippen LogP contribution in [0.4, 0.5) is 11.4 Å². The zero-order valence-corrected chi connectivity index (χ0v) is 17.7. The number of carbonyl (C=O) groups is 3. The molecule has 0 spiro atoms. The van der Waals surface area contributed by atoms with Crippen molar-refractivity contribution >= 4 is 29.2 Å². The number of hydrogen-bond donors (Lipinski definition) is 1. The van der Waals surface area contributed by atoms with E-state index in [1.165, 1.54) is 0 Å². The lowest BCUT2D eigenvalue weighted by Crippen LogP contribution is -2.28. The normalized spacial score (nSPS) is 15.9. The van der Waals surface area contributed by atoms with Gasteiger partial charge in [0.05, 0.1) is 18.1 Å². The molecule has 0 unspecified atom stereocenters. The van der Waals surface area contributed by atoms with E-state index >= 15 is 0 Å². The molecule has 1 aliphatic rings. The average Bonchev–Trinajstić information content (AvgIpc) is 3.12. The number of carbonyl (C=O) groups excluding carboxylic acids is 3. The summed E-state index contributed by atoms with van der Waals surface area (Å²) in [7, 11) is 0. The van der Waals surface area contributed by atoms with Crippen molar-refractivity contribution in [2.24, 2.45) is 5.92 Å². The molecule has 0 bridgehead atoms. The molecule has 158 valence electrons. The summed E-state index contributed by atoms with van der Waals surface area (Å²) in [6, 6.07) is 12.5. The summed E-state index contributed by atoms with van der Waals surface area (Å²) in [6.45, 7) is 6.82. The van der Waals surface area contributed by atoms with Crippen molar-refractivity contribution in [3.8, 4) is 0 Å². The third-order valence-electron chi connectivity index (χ3n) is 5.42. The summed E-state index contributed by atoms with van der Waals surface area (Å²) in [4.78, 5) is 38.8. The number of hydrogen-bond acceptors (Lipinski definition) is 4. The highest BCUT2D eigenvalue weighted by Crippen LogP contribution is 2.27. The van der Waals surface area contributed by atoms with Crippen LogP contribution in [0.3, 0.4) is 0 Å². The van der Waals surface area contributed by atoms with E-state index in [1.54, 1.807) is 29.2 Å².